The van der Waals surface area contributed by atoms with Crippen molar-refractivity contribution in [3.63, 3.8) is 0 Å². The molecule has 3 N–H and O–H groups in total. The van der Waals surface area contributed by atoms with Crippen molar-refractivity contribution >= 4 is 31.9 Å². The summed E-state index contributed by atoms with van der Waals surface area (Å²) in [7, 11) is -3.87. The molecule has 0 aliphatic rings. The van der Waals surface area contributed by atoms with Crippen molar-refractivity contribution in [2.24, 2.45) is 0 Å². The van der Waals surface area contributed by atoms with Crippen LogP contribution in [-0.4, -0.2) is 19.3 Å². The Kier molecular flexibility index (Phi) is 4.98. The molecule has 1 heterocycles. The van der Waals surface area contributed by atoms with Crippen LogP contribution in [0, 0.1) is 27.7 Å². The molecular formula is C15H18BrN3O3S. The second-order valence-corrected chi connectivity index (χ2v) is 7.92. The SMILES string of the molecule is Cc1cc(C)c(C)c(S(=O)(=O)NNC(=O)c2cc(Br)c[nH]2)c1C. The molecule has 0 radical (unpaired) electrons. The average molecular weight is 400 g/mol. The Labute approximate surface area is 143 Å². The van der Waals surface area contributed by atoms with E-state index in [9.17, 15) is 13.2 Å². The molecule has 0 bridgehead atoms. The van der Waals surface area contributed by atoms with E-state index in [2.05, 4.69) is 31.2 Å². The third kappa shape index (κ3) is 3.65. The van der Waals surface area contributed by atoms with Crippen molar-refractivity contribution in [1.82, 2.24) is 15.2 Å². The predicted octanol–water partition coefficient (Wildman–Crippen LogP) is 2.63. The van der Waals surface area contributed by atoms with Gasteiger partial charge in [-0.05, 0) is 71.9 Å². The Morgan fingerprint density at radius 3 is 2.13 bits per heavy atom. The third-order valence-electron chi connectivity index (χ3n) is 3.76. The standard InChI is InChI=1S/C15H18BrN3O3S/c1-8-5-9(2)11(4)14(10(8)3)23(21,22)19-18-15(20)13-6-12(16)7-17-13/h5-7,17,19H,1-4H3,(H,18,20). The number of aryl methyl sites for hydroxylation is 2. The number of H-pyrrole nitrogens is 1. The molecule has 0 atom stereocenters. The van der Waals surface area contributed by atoms with Crippen LogP contribution in [0.2, 0.25) is 0 Å². The molecule has 0 spiro atoms. The van der Waals surface area contributed by atoms with Crippen molar-refractivity contribution in [2.75, 3.05) is 0 Å². The summed E-state index contributed by atoms with van der Waals surface area (Å²) in [6, 6.07) is 3.50. The summed E-state index contributed by atoms with van der Waals surface area (Å²) in [6.07, 6.45) is 1.58. The van der Waals surface area contributed by atoms with Crippen LogP contribution in [0.15, 0.2) is 27.7 Å². The zero-order valence-corrected chi connectivity index (χ0v) is 15.6. The van der Waals surface area contributed by atoms with E-state index in [0.717, 1.165) is 11.1 Å². The van der Waals surface area contributed by atoms with Crippen molar-refractivity contribution in [3.05, 3.63) is 50.8 Å². The predicted molar refractivity (Wildman–Crippen MR) is 91.7 cm³/mol. The Balaban J connectivity index is 2.28. The maximum atomic E-state index is 12.6. The van der Waals surface area contributed by atoms with Crippen LogP contribution in [0.5, 0.6) is 0 Å². The molecule has 0 saturated heterocycles. The second kappa shape index (κ2) is 6.46. The fourth-order valence-electron chi connectivity index (χ4n) is 2.31. The van der Waals surface area contributed by atoms with Crippen LogP contribution < -0.4 is 10.3 Å². The summed E-state index contributed by atoms with van der Waals surface area (Å²) in [5.41, 5.74) is 5.55. The molecule has 1 amide bonds. The average Bonchev–Trinajstić information content (AvgIpc) is 2.89. The molecule has 1 aromatic carbocycles. The zero-order chi connectivity index (χ0) is 17.4. The Bertz CT molecular complexity index is 846. The molecule has 23 heavy (non-hydrogen) atoms. The van der Waals surface area contributed by atoms with Gasteiger partial charge in [-0.25, -0.2) is 8.42 Å². The first kappa shape index (κ1) is 17.7. The summed E-state index contributed by atoms with van der Waals surface area (Å²) >= 11 is 3.21. The van der Waals surface area contributed by atoms with Gasteiger partial charge in [-0.2, -0.15) is 0 Å². The molecule has 0 fully saturated rings. The lowest BCUT2D eigenvalue weighted by Crippen LogP contribution is -2.42. The van der Waals surface area contributed by atoms with Crippen molar-refractivity contribution in [2.45, 2.75) is 32.6 Å². The number of carbonyl (C=O) groups is 1. The lowest BCUT2D eigenvalue weighted by Gasteiger charge is -2.16. The summed E-state index contributed by atoms with van der Waals surface area (Å²) in [5.74, 6) is -0.570. The Morgan fingerprint density at radius 1 is 1.09 bits per heavy atom. The maximum Gasteiger partial charge on any atom is 0.282 e. The fraction of sp³-hybridized carbons (Fsp3) is 0.267. The summed E-state index contributed by atoms with van der Waals surface area (Å²) < 4.78 is 25.8. The van der Waals surface area contributed by atoms with Gasteiger partial charge in [-0.1, -0.05) is 6.07 Å². The number of hydrogen-bond acceptors (Lipinski definition) is 3. The molecule has 0 unspecified atom stereocenters. The minimum Gasteiger partial charge on any atom is -0.356 e. The third-order valence-corrected chi connectivity index (χ3v) is 5.74. The number of hydrazine groups is 1. The van der Waals surface area contributed by atoms with Crippen molar-refractivity contribution < 1.29 is 13.2 Å². The molecule has 0 aliphatic heterocycles. The van der Waals surface area contributed by atoms with Crippen LogP contribution in [0.25, 0.3) is 0 Å². The topological polar surface area (TPSA) is 91.1 Å². The summed E-state index contributed by atoms with van der Waals surface area (Å²) in [4.78, 5) is 17.0. The first-order valence-corrected chi connectivity index (χ1v) is 9.14. The van der Waals surface area contributed by atoms with Gasteiger partial charge in [0.2, 0.25) is 0 Å². The zero-order valence-electron chi connectivity index (χ0n) is 13.2. The number of benzene rings is 1. The number of aromatic amines is 1. The lowest BCUT2D eigenvalue weighted by atomic mass is 10.0. The van der Waals surface area contributed by atoms with Crippen LogP contribution in [0.4, 0.5) is 0 Å². The summed E-state index contributed by atoms with van der Waals surface area (Å²) in [5, 5.41) is 0. The van der Waals surface area contributed by atoms with Gasteiger partial charge in [-0.3, -0.25) is 10.2 Å². The van der Waals surface area contributed by atoms with E-state index in [0.29, 0.717) is 15.6 Å². The van der Waals surface area contributed by atoms with Gasteiger partial charge in [0.1, 0.15) is 5.69 Å². The van der Waals surface area contributed by atoms with Gasteiger partial charge in [-0.15, -0.1) is 4.83 Å². The number of carbonyl (C=O) groups excluding carboxylic acids is 1. The highest BCUT2D eigenvalue weighted by Crippen LogP contribution is 2.25. The molecule has 6 nitrogen and oxygen atoms in total. The molecular weight excluding hydrogens is 382 g/mol. The normalized spacial score (nSPS) is 11.5. The Hall–Kier alpha value is -1.64. The van der Waals surface area contributed by atoms with E-state index in [1.165, 1.54) is 0 Å². The van der Waals surface area contributed by atoms with E-state index in [4.69, 9.17) is 0 Å². The highest BCUT2D eigenvalue weighted by atomic mass is 79.9. The van der Waals surface area contributed by atoms with Gasteiger partial charge in [0.15, 0.2) is 0 Å². The van der Waals surface area contributed by atoms with E-state index in [-0.39, 0.29) is 10.6 Å². The summed E-state index contributed by atoms with van der Waals surface area (Å²) in [6.45, 7) is 7.21. The largest absolute Gasteiger partial charge is 0.356 e. The van der Waals surface area contributed by atoms with E-state index >= 15 is 0 Å². The van der Waals surface area contributed by atoms with Gasteiger partial charge in [0.05, 0.1) is 4.90 Å². The van der Waals surface area contributed by atoms with Gasteiger partial charge in [0, 0.05) is 10.7 Å². The van der Waals surface area contributed by atoms with E-state index < -0.39 is 15.9 Å². The number of amides is 1. The minimum atomic E-state index is -3.87. The second-order valence-electron chi connectivity index (χ2n) is 5.38. The van der Waals surface area contributed by atoms with Crippen LogP contribution in [-0.2, 0) is 10.0 Å². The highest BCUT2D eigenvalue weighted by molar-refractivity contribution is 9.10. The molecule has 2 rings (SSSR count). The molecule has 2 aromatic rings. The number of rotatable bonds is 4. The molecule has 8 heteroatoms. The molecule has 0 saturated carbocycles. The van der Waals surface area contributed by atoms with Gasteiger partial charge in [0.25, 0.3) is 15.9 Å². The smallest absolute Gasteiger partial charge is 0.282 e. The van der Waals surface area contributed by atoms with Crippen molar-refractivity contribution in [1.29, 1.82) is 0 Å². The number of halogens is 1. The minimum absolute atomic E-state index is 0.197. The van der Waals surface area contributed by atoms with Crippen LogP contribution in [0.1, 0.15) is 32.7 Å². The van der Waals surface area contributed by atoms with E-state index in [1.807, 2.05) is 19.9 Å². The monoisotopic (exact) mass is 399 g/mol. The first-order valence-electron chi connectivity index (χ1n) is 6.87. The van der Waals surface area contributed by atoms with E-state index in [1.54, 1.807) is 26.1 Å². The van der Waals surface area contributed by atoms with Crippen LogP contribution in [0.3, 0.4) is 0 Å². The first-order chi connectivity index (χ1) is 10.6. The molecule has 1 aromatic heterocycles. The number of sulfonamides is 1. The molecule has 124 valence electrons. The molecule has 0 aliphatic carbocycles. The number of nitrogens with one attached hydrogen (secondary N) is 3. The van der Waals surface area contributed by atoms with Crippen LogP contribution >= 0.6 is 15.9 Å². The number of aromatic nitrogens is 1. The Morgan fingerprint density at radius 2 is 1.65 bits per heavy atom. The van der Waals surface area contributed by atoms with Gasteiger partial charge < -0.3 is 4.98 Å². The quantitative estimate of drug-likeness (QED) is 0.690. The fourth-order valence-corrected chi connectivity index (χ4v) is 4.12. The maximum absolute atomic E-state index is 12.6. The highest BCUT2D eigenvalue weighted by Gasteiger charge is 2.23. The lowest BCUT2D eigenvalue weighted by molar-refractivity contribution is 0.0940. The van der Waals surface area contributed by atoms with Crippen molar-refractivity contribution in [3.8, 4) is 0 Å². The number of hydrogen-bond donors (Lipinski definition) is 3. The van der Waals surface area contributed by atoms with Gasteiger partial charge >= 0.3 is 0 Å².